The highest BCUT2D eigenvalue weighted by molar-refractivity contribution is 5.41. The van der Waals surface area contributed by atoms with Crippen LogP contribution in [-0.2, 0) is 6.54 Å². The normalized spacial score (nSPS) is 17.9. The van der Waals surface area contributed by atoms with Crippen LogP contribution in [0.5, 0.6) is 11.5 Å². The Hall–Kier alpha value is -1.26. The molecule has 0 atom stereocenters. The summed E-state index contributed by atoms with van der Waals surface area (Å²) in [7, 11) is 5.94. The third kappa shape index (κ3) is 3.89. The molecule has 0 spiro atoms. The van der Waals surface area contributed by atoms with E-state index in [0.717, 1.165) is 18.7 Å². The molecule has 21 heavy (non-hydrogen) atoms. The maximum absolute atomic E-state index is 9.82. The molecular formula is C17H28N2O2. The molecule has 0 radical (unpaired) electrons. The quantitative estimate of drug-likeness (QED) is 0.846. The minimum absolute atomic E-state index is 0.205. The van der Waals surface area contributed by atoms with E-state index in [1.54, 1.807) is 13.2 Å². The number of benzene rings is 1. The predicted molar refractivity (Wildman–Crippen MR) is 85.9 cm³/mol. The van der Waals surface area contributed by atoms with Gasteiger partial charge in [0.2, 0.25) is 0 Å². The summed E-state index contributed by atoms with van der Waals surface area (Å²) in [6.07, 6.45) is 6.54. The fourth-order valence-corrected chi connectivity index (χ4v) is 3.28. The highest BCUT2D eigenvalue weighted by atomic mass is 16.5. The first kappa shape index (κ1) is 16.1. The number of methoxy groups -OCH3 is 1. The van der Waals surface area contributed by atoms with Crippen molar-refractivity contribution in [3.8, 4) is 11.5 Å². The lowest BCUT2D eigenvalue weighted by molar-refractivity contribution is 0.0984. The fourth-order valence-electron chi connectivity index (χ4n) is 3.28. The van der Waals surface area contributed by atoms with E-state index in [-0.39, 0.29) is 11.3 Å². The molecule has 0 heterocycles. The Bertz CT molecular complexity index is 454. The number of likely N-dealkylation sites (N-methyl/N-ethyl adjacent to an activating group) is 1. The molecule has 0 amide bonds. The highest BCUT2D eigenvalue weighted by Crippen LogP contribution is 2.32. The molecule has 0 aromatic heterocycles. The number of rotatable bonds is 6. The second kappa shape index (κ2) is 7.14. The van der Waals surface area contributed by atoms with Crippen LogP contribution in [0.4, 0.5) is 0 Å². The first-order chi connectivity index (χ1) is 10.1. The van der Waals surface area contributed by atoms with Crippen LogP contribution in [-0.4, -0.2) is 43.3 Å². The zero-order chi connectivity index (χ0) is 15.3. The van der Waals surface area contributed by atoms with Crippen LogP contribution in [0.1, 0.15) is 37.7 Å². The largest absolute Gasteiger partial charge is 0.504 e. The summed E-state index contributed by atoms with van der Waals surface area (Å²) in [4.78, 5) is 2.38. The van der Waals surface area contributed by atoms with E-state index in [2.05, 4.69) is 24.3 Å². The zero-order valence-corrected chi connectivity index (χ0v) is 13.5. The Balaban J connectivity index is 1.91. The highest BCUT2D eigenvalue weighted by Gasteiger charge is 2.33. The average Bonchev–Trinajstić information content (AvgIpc) is 2.48. The predicted octanol–water partition coefficient (Wildman–Crippen LogP) is 2.75. The summed E-state index contributed by atoms with van der Waals surface area (Å²) >= 11 is 0. The molecule has 4 heteroatoms. The number of hydrogen-bond donors (Lipinski definition) is 2. The van der Waals surface area contributed by atoms with Gasteiger partial charge in [-0.05, 0) is 44.6 Å². The summed E-state index contributed by atoms with van der Waals surface area (Å²) in [5.41, 5.74) is 1.37. The minimum Gasteiger partial charge on any atom is -0.504 e. The van der Waals surface area contributed by atoms with Crippen LogP contribution in [0, 0.1) is 0 Å². The van der Waals surface area contributed by atoms with Crippen molar-refractivity contribution in [1.29, 1.82) is 0 Å². The number of nitrogens with zero attached hydrogens (tertiary/aromatic N) is 1. The second-order valence-electron chi connectivity index (χ2n) is 6.29. The summed E-state index contributed by atoms with van der Waals surface area (Å²) in [5, 5.41) is 13.4. The Kier molecular flexibility index (Phi) is 5.48. The van der Waals surface area contributed by atoms with Crippen LogP contribution in [0.2, 0.25) is 0 Å². The molecule has 1 aromatic rings. The molecule has 2 rings (SSSR count). The van der Waals surface area contributed by atoms with Gasteiger partial charge in [-0.2, -0.15) is 0 Å². The molecule has 118 valence electrons. The van der Waals surface area contributed by atoms with Crippen molar-refractivity contribution in [2.75, 3.05) is 27.7 Å². The van der Waals surface area contributed by atoms with Crippen LogP contribution < -0.4 is 10.1 Å². The molecule has 1 aromatic carbocycles. The van der Waals surface area contributed by atoms with Crippen molar-refractivity contribution in [3.05, 3.63) is 23.8 Å². The first-order valence-electron chi connectivity index (χ1n) is 7.81. The monoisotopic (exact) mass is 292 g/mol. The van der Waals surface area contributed by atoms with E-state index in [1.165, 1.54) is 32.1 Å². The van der Waals surface area contributed by atoms with Crippen LogP contribution in [0.3, 0.4) is 0 Å². The number of hydrogen-bond acceptors (Lipinski definition) is 4. The van der Waals surface area contributed by atoms with Gasteiger partial charge >= 0.3 is 0 Å². The lowest BCUT2D eigenvalue weighted by atomic mass is 9.80. The number of phenolic OH excluding ortho intramolecular Hbond substituents is 1. The SMILES string of the molecule is COc1ccc(CNCC2(N(C)C)CCCCC2)cc1O. The number of ether oxygens (including phenoxy) is 1. The zero-order valence-electron chi connectivity index (χ0n) is 13.5. The summed E-state index contributed by atoms with van der Waals surface area (Å²) < 4.78 is 5.07. The standard InChI is InChI=1S/C17H28N2O2/c1-19(2)17(9-5-4-6-10-17)13-18-12-14-7-8-16(21-3)15(20)11-14/h7-8,11,18,20H,4-6,9-10,12-13H2,1-3H3. The molecule has 4 nitrogen and oxygen atoms in total. The van der Waals surface area contributed by atoms with Crippen molar-refractivity contribution in [3.63, 3.8) is 0 Å². The molecule has 0 saturated heterocycles. The van der Waals surface area contributed by atoms with E-state index in [9.17, 15) is 5.11 Å². The molecule has 0 bridgehead atoms. The lowest BCUT2D eigenvalue weighted by Crippen LogP contribution is -2.52. The Labute approximate surface area is 128 Å². The van der Waals surface area contributed by atoms with Gasteiger partial charge in [-0.3, -0.25) is 0 Å². The van der Waals surface area contributed by atoms with Gasteiger partial charge in [0.05, 0.1) is 7.11 Å². The van der Waals surface area contributed by atoms with Crippen molar-refractivity contribution in [2.24, 2.45) is 0 Å². The van der Waals surface area contributed by atoms with Crippen LogP contribution in [0.15, 0.2) is 18.2 Å². The fraction of sp³-hybridized carbons (Fsp3) is 0.647. The third-order valence-corrected chi connectivity index (χ3v) is 4.76. The Morgan fingerprint density at radius 2 is 1.95 bits per heavy atom. The van der Waals surface area contributed by atoms with Gasteiger partial charge in [0, 0.05) is 18.6 Å². The Morgan fingerprint density at radius 3 is 2.52 bits per heavy atom. The van der Waals surface area contributed by atoms with Gasteiger partial charge in [-0.25, -0.2) is 0 Å². The van der Waals surface area contributed by atoms with Gasteiger partial charge in [0.25, 0.3) is 0 Å². The molecule has 1 saturated carbocycles. The topological polar surface area (TPSA) is 44.7 Å². The van der Waals surface area contributed by atoms with Gasteiger partial charge in [0.1, 0.15) is 0 Å². The maximum Gasteiger partial charge on any atom is 0.160 e. The molecule has 0 aliphatic heterocycles. The van der Waals surface area contributed by atoms with E-state index in [0.29, 0.717) is 5.75 Å². The molecular weight excluding hydrogens is 264 g/mol. The molecule has 1 fully saturated rings. The van der Waals surface area contributed by atoms with E-state index in [1.807, 2.05) is 12.1 Å². The van der Waals surface area contributed by atoms with Gasteiger partial charge in [-0.1, -0.05) is 25.3 Å². The number of aromatic hydroxyl groups is 1. The van der Waals surface area contributed by atoms with Crippen molar-refractivity contribution in [1.82, 2.24) is 10.2 Å². The van der Waals surface area contributed by atoms with E-state index < -0.39 is 0 Å². The third-order valence-electron chi connectivity index (χ3n) is 4.76. The summed E-state index contributed by atoms with van der Waals surface area (Å²) in [6, 6.07) is 5.58. The molecule has 2 N–H and O–H groups in total. The second-order valence-corrected chi connectivity index (χ2v) is 6.29. The van der Waals surface area contributed by atoms with Crippen molar-refractivity contribution >= 4 is 0 Å². The molecule has 1 aliphatic rings. The van der Waals surface area contributed by atoms with Gasteiger partial charge in [0.15, 0.2) is 11.5 Å². The first-order valence-corrected chi connectivity index (χ1v) is 7.81. The van der Waals surface area contributed by atoms with Crippen molar-refractivity contribution in [2.45, 2.75) is 44.2 Å². The smallest absolute Gasteiger partial charge is 0.160 e. The molecule has 1 aliphatic carbocycles. The van der Waals surface area contributed by atoms with Crippen LogP contribution in [0.25, 0.3) is 0 Å². The number of phenols is 1. The van der Waals surface area contributed by atoms with Gasteiger partial charge in [-0.15, -0.1) is 0 Å². The van der Waals surface area contributed by atoms with E-state index >= 15 is 0 Å². The lowest BCUT2D eigenvalue weighted by Gasteiger charge is -2.43. The van der Waals surface area contributed by atoms with Gasteiger partial charge < -0.3 is 20.1 Å². The van der Waals surface area contributed by atoms with E-state index in [4.69, 9.17) is 4.74 Å². The van der Waals surface area contributed by atoms with Crippen LogP contribution >= 0.6 is 0 Å². The average molecular weight is 292 g/mol. The summed E-state index contributed by atoms with van der Waals surface area (Å²) in [5.74, 6) is 0.729. The Morgan fingerprint density at radius 1 is 1.24 bits per heavy atom. The molecule has 0 unspecified atom stereocenters. The maximum atomic E-state index is 9.82. The number of nitrogens with one attached hydrogen (secondary N) is 1. The van der Waals surface area contributed by atoms with Crippen molar-refractivity contribution < 1.29 is 9.84 Å². The summed E-state index contributed by atoms with van der Waals surface area (Å²) in [6.45, 7) is 1.76. The minimum atomic E-state index is 0.205.